The Morgan fingerprint density at radius 1 is 0.632 bits per heavy atom. The van der Waals surface area contributed by atoms with Crippen LogP contribution in [0.3, 0.4) is 0 Å². The summed E-state index contributed by atoms with van der Waals surface area (Å²) in [7, 11) is 0. The maximum atomic E-state index is 10.7. The predicted octanol–water partition coefficient (Wildman–Crippen LogP) is 6.25. The van der Waals surface area contributed by atoms with Crippen LogP contribution < -0.4 is 0 Å². The van der Waals surface area contributed by atoms with Gasteiger partial charge < -0.3 is 0 Å². The molecule has 0 bridgehead atoms. The van der Waals surface area contributed by atoms with E-state index in [1.54, 1.807) is 0 Å². The van der Waals surface area contributed by atoms with Gasteiger partial charge in [-0.3, -0.25) is 0 Å². The van der Waals surface area contributed by atoms with Gasteiger partial charge in [-0.25, -0.2) is 4.79 Å². The predicted molar refractivity (Wildman–Crippen MR) is 85.2 cm³/mol. The number of carbonyl (C=O) groups excluding carboxylic acids is 1. The van der Waals surface area contributed by atoms with Gasteiger partial charge in [0, 0.05) is 5.57 Å². The maximum absolute atomic E-state index is 10.7. The maximum Gasteiger partial charge on any atom is 0.123 e. The molecular weight excluding hydrogens is 232 g/mol. The molecule has 0 N–H and O–H groups in total. The minimum Gasteiger partial charge on any atom is -0.234 e. The lowest BCUT2D eigenvalue weighted by Crippen LogP contribution is -1.87. The molecule has 1 nitrogen and oxygen atoms in total. The summed E-state index contributed by atoms with van der Waals surface area (Å²) in [5.74, 6) is 2.13. The molecule has 0 aromatic rings. The number of hydrogen-bond acceptors (Lipinski definition) is 1. The second-order valence-electron chi connectivity index (χ2n) is 5.74. The lowest BCUT2D eigenvalue weighted by molar-refractivity contribution is 0.549. The Labute approximate surface area is 120 Å². The van der Waals surface area contributed by atoms with E-state index < -0.39 is 0 Å². The second-order valence-corrected chi connectivity index (χ2v) is 5.74. The van der Waals surface area contributed by atoms with Crippen molar-refractivity contribution in [1.29, 1.82) is 0 Å². The molecule has 0 atom stereocenters. The van der Waals surface area contributed by atoms with Crippen molar-refractivity contribution < 1.29 is 4.79 Å². The fraction of sp³-hybridized carbons (Fsp3) is 0.889. The van der Waals surface area contributed by atoms with Gasteiger partial charge in [-0.2, -0.15) is 0 Å². The molecule has 0 radical (unpaired) electrons. The van der Waals surface area contributed by atoms with Crippen molar-refractivity contribution in [2.45, 2.75) is 104 Å². The molecule has 0 saturated heterocycles. The van der Waals surface area contributed by atoms with Crippen molar-refractivity contribution in [3.63, 3.8) is 0 Å². The zero-order valence-corrected chi connectivity index (χ0v) is 13.3. The van der Waals surface area contributed by atoms with Crippen LogP contribution in [-0.4, -0.2) is 5.94 Å². The summed E-state index contributed by atoms with van der Waals surface area (Å²) in [5, 5.41) is 0. The smallest absolute Gasteiger partial charge is 0.123 e. The van der Waals surface area contributed by atoms with Crippen LogP contribution in [0.4, 0.5) is 0 Å². The van der Waals surface area contributed by atoms with Crippen molar-refractivity contribution in [1.82, 2.24) is 0 Å². The average molecular weight is 266 g/mol. The third-order valence-electron chi connectivity index (χ3n) is 3.81. The van der Waals surface area contributed by atoms with Crippen LogP contribution in [0.15, 0.2) is 5.57 Å². The molecule has 0 rings (SSSR count). The second kappa shape index (κ2) is 15.5. The van der Waals surface area contributed by atoms with Crippen molar-refractivity contribution in [2.75, 3.05) is 0 Å². The molecule has 19 heavy (non-hydrogen) atoms. The number of allylic oxidation sites excluding steroid dienone is 1. The SMILES string of the molecule is CCCCCCCCCCCCC(=C=O)CCCC. The third kappa shape index (κ3) is 13.7. The fourth-order valence-corrected chi connectivity index (χ4v) is 2.44. The number of hydrogen-bond donors (Lipinski definition) is 0. The lowest BCUT2D eigenvalue weighted by Gasteiger charge is -2.03. The van der Waals surface area contributed by atoms with Crippen LogP contribution >= 0.6 is 0 Å². The summed E-state index contributed by atoms with van der Waals surface area (Å²) >= 11 is 0. The van der Waals surface area contributed by atoms with E-state index in [0.29, 0.717) is 0 Å². The molecular formula is C18H34O. The Bertz CT molecular complexity index is 226. The van der Waals surface area contributed by atoms with Gasteiger partial charge in [0.2, 0.25) is 0 Å². The molecule has 112 valence electrons. The third-order valence-corrected chi connectivity index (χ3v) is 3.81. The van der Waals surface area contributed by atoms with E-state index in [4.69, 9.17) is 0 Å². The Morgan fingerprint density at radius 2 is 1.05 bits per heavy atom. The summed E-state index contributed by atoms with van der Waals surface area (Å²) in [6.07, 6.45) is 17.8. The Balaban J connectivity index is 3.23. The Hall–Kier alpha value is -0.550. The van der Waals surface area contributed by atoms with Gasteiger partial charge in [0.15, 0.2) is 0 Å². The summed E-state index contributed by atoms with van der Waals surface area (Å²) in [4.78, 5) is 10.7. The molecule has 0 fully saturated rings. The molecule has 0 saturated carbocycles. The topological polar surface area (TPSA) is 17.1 Å². The molecule has 0 spiro atoms. The Kier molecular flexibility index (Phi) is 15.1. The van der Waals surface area contributed by atoms with Crippen LogP contribution in [0.2, 0.25) is 0 Å². The monoisotopic (exact) mass is 266 g/mol. The lowest BCUT2D eigenvalue weighted by atomic mass is 10.0. The first-order valence-electron chi connectivity index (χ1n) is 8.58. The summed E-state index contributed by atoms with van der Waals surface area (Å²) in [6.45, 7) is 4.44. The zero-order chi connectivity index (χ0) is 14.2. The van der Waals surface area contributed by atoms with E-state index in [2.05, 4.69) is 19.8 Å². The van der Waals surface area contributed by atoms with E-state index in [1.165, 1.54) is 70.6 Å². The van der Waals surface area contributed by atoms with Gasteiger partial charge in [-0.05, 0) is 25.7 Å². The average Bonchev–Trinajstić information content (AvgIpc) is 2.44. The fourth-order valence-electron chi connectivity index (χ4n) is 2.44. The highest BCUT2D eigenvalue weighted by molar-refractivity contribution is 5.52. The first-order valence-corrected chi connectivity index (χ1v) is 8.58. The molecule has 0 aromatic heterocycles. The van der Waals surface area contributed by atoms with E-state index >= 15 is 0 Å². The van der Waals surface area contributed by atoms with Crippen molar-refractivity contribution in [3.8, 4) is 0 Å². The molecule has 0 aliphatic carbocycles. The van der Waals surface area contributed by atoms with Gasteiger partial charge in [-0.15, -0.1) is 0 Å². The van der Waals surface area contributed by atoms with Crippen LogP contribution in [-0.2, 0) is 4.79 Å². The Morgan fingerprint density at radius 3 is 1.53 bits per heavy atom. The van der Waals surface area contributed by atoms with Gasteiger partial charge in [0.1, 0.15) is 5.94 Å². The zero-order valence-electron chi connectivity index (χ0n) is 13.3. The molecule has 0 aliphatic heterocycles. The summed E-state index contributed by atoms with van der Waals surface area (Å²) < 4.78 is 0. The van der Waals surface area contributed by atoms with E-state index in [0.717, 1.165) is 24.8 Å². The molecule has 0 unspecified atom stereocenters. The number of rotatable bonds is 14. The highest BCUT2D eigenvalue weighted by Gasteiger charge is 1.99. The minimum atomic E-state index is 0.970. The van der Waals surface area contributed by atoms with E-state index in [-0.39, 0.29) is 0 Å². The molecule has 0 amide bonds. The van der Waals surface area contributed by atoms with Crippen molar-refractivity contribution in [2.24, 2.45) is 0 Å². The highest BCUT2D eigenvalue weighted by atomic mass is 16.1. The van der Waals surface area contributed by atoms with E-state index in [9.17, 15) is 4.79 Å². The van der Waals surface area contributed by atoms with Crippen LogP contribution in [0.1, 0.15) is 104 Å². The molecule has 1 heteroatoms. The first kappa shape index (κ1) is 18.4. The van der Waals surface area contributed by atoms with E-state index in [1.807, 2.05) is 0 Å². The van der Waals surface area contributed by atoms with Crippen molar-refractivity contribution >= 4 is 5.94 Å². The minimum absolute atomic E-state index is 0.970. The van der Waals surface area contributed by atoms with Crippen LogP contribution in [0.25, 0.3) is 0 Å². The summed E-state index contributed by atoms with van der Waals surface area (Å²) in [6, 6.07) is 0. The van der Waals surface area contributed by atoms with Gasteiger partial charge >= 0.3 is 0 Å². The molecule has 0 aliphatic rings. The molecule has 0 aromatic carbocycles. The normalized spacial score (nSPS) is 10.4. The first-order chi connectivity index (χ1) is 9.35. The quantitative estimate of drug-likeness (QED) is 0.268. The van der Waals surface area contributed by atoms with Crippen LogP contribution in [0.5, 0.6) is 0 Å². The molecule has 0 heterocycles. The van der Waals surface area contributed by atoms with Gasteiger partial charge in [0.25, 0.3) is 0 Å². The highest BCUT2D eigenvalue weighted by Crippen LogP contribution is 2.15. The largest absolute Gasteiger partial charge is 0.234 e. The summed E-state index contributed by atoms with van der Waals surface area (Å²) in [5.41, 5.74) is 1.02. The van der Waals surface area contributed by atoms with Gasteiger partial charge in [0.05, 0.1) is 0 Å². The number of unbranched alkanes of at least 4 members (excludes halogenated alkanes) is 10. The van der Waals surface area contributed by atoms with Crippen molar-refractivity contribution in [3.05, 3.63) is 5.57 Å². The van der Waals surface area contributed by atoms with Crippen LogP contribution in [0, 0.1) is 0 Å². The van der Waals surface area contributed by atoms with Gasteiger partial charge in [-0.1, -0.05) is 78.1 Å². The standard InChI is InChI=1S/C18H34O/c1-3-5-7-8-9-10-11-12-13-14-16-18(17-19)15-6-4-2/h3-16H2,1-2H3.